The summed E-state index contributed by atoms with van der Waals surface area (Å²) in [4.78, 5) is 13.8. The molecule has 0 aliphatic rings. The minimum absolute atomic E-state index is 0.0348. The van der Waals surface area contributed by atoms with Crippen molar-refractivity contribution in [2.75, 3.05) is 6.54 Å². The van der Waals surface area contributed by atoms with Crippen LogP contribution in [0.25, 0.3) is 0 Å². The molecule has 0 saturated heterocycles. The molecule has 102 valence electrons. The molecule has 2 rings (SSSR count). The second kappa shape index (κ2) is 6.14. The lowest BCUT2D eigenvalue weighted by Crippen LogP contribution is -2.33. The third-order valence-electron chi connectivity index (χ3n) is 2.75. The Bertz CT molecular complexity index is 520. The lowest BCUT2D eigenvalue weighted by atomic mass is 10.3. The van der Waals surface area contributed by atoms with Gasteiger partial charge >= 0.3 is 0 Å². The summed E-state index contributed by atoms with van der Waals surface area (Å²) in [5.74, 6) is 0.726. The number of nitrogens with two attached hydrogens (primary N) is 1. The molecule has 0 radical (unpaired) electrons. The molecule has 0 unspecified atom stereocenters. The zero-order chi connectivity index (χ0) is 13.7. The van der Waals surface area contributed by atoms with Crippen LogP contribution < -0.4 is 5.73 Å². The molecule has 1 amide bonds. The highest BCUT2D eigenvalue weighted by atomic mass is 16.3. The number of carbonyl (C=O) groups is 1. The van der Waals surface area contributed by atoms with E-state index in [2.05, 4.69) is 10.3 Å². The van der Waals surface area contributed by atoms with E-state index < -0.39 is 0 Å². The van der Waals surface area contributed by atoms with E-state index in [0.717, 1.165) is 5.76 Å². The van der Waals surface area contributed by atoms with Gasteiger partial charge in [0.15, 0.2) is 0 Å². The molecule has 0 bridgehead atoms. The topological polar surface area (TPSA) is 90.2 Å². The fraction of sp³-hybridized carbons (Fsp3) is 0.417. The minimum atomic E-state index is -0.0348. The summed E-state index contributed by atoms with van der Waals surface area (Å²) in [7, 11) is 0. The van der Waals surface area contributed by atoms with Gasteiger partial charge in [0, 0.05) is 13.1 Å². The van der Waals surface area contributed by atoms with E-state index >= 15 is 0 Å². The highest BCUT2D eigenvalue weighted by Crippen LogP contribution is 2.06. The summed E-state index contributed by atoms with van der Waals surface area (Å²) >= 11 is 0. The molecule has 0 aromatic carbocycles. The molecule has 2 N–H and O–H groups in total. The lowest BCUT2D eigenvalue weighted by molar-refractivity contribution is -0.132. The van der Waals surface area contributed by atoms with Crippen LogP contribution in [0.2, 0.25) is 0 Å². The molecule has 7 heteroatoms. The van der Waals surface area contributed by atoms with Crippen molar-refractivity contribution in [1.29, 1.82) is 0 Å². The summed E-state index contributed by atoms with van der Waals surface area (Å²) in [6, 6.07) is 3.65. The van der Waals surface area contributed by atoms with E-state index in [9.17, 15) is 4.79 Å². The van der Waals surface area contributed by atoms with Gasteiger partial charge in [0.25, 0.3) is 0 Å². The van der Waals surface area contributed by atoms with E-state index in [1.54, 1.807) is 23.4 Å². The number of likely N-dealkylation sites (N-methyl/N-ethyl adjacent to an activating group) is 1. The Morgan fingerprint density at radius 2 is 2.42 bits per heavy atom. The largest absolute Gasteiger partial charge is 0.467 e. The van der Waals surface area contributed by atoms with E-state index in [0.29, 0.717) is 25.3 Å². The molecule has 0 atom stereocenters. The quantitative estimate of drug-likeness (QED) is 0.813. The zero-order valence-corrected chi connectivity index (χ0v) is 10.8. The molecular formula is C12H17N5O2. The van der Waals surface area contributed by atoms with Gasteiger partial charge in [-0.05, 0) is 19.1 Å². The second-order valence-corrected chi connectivity index (χ2v) is 4.10. The van der Waals surface area contributed by atoms with Crippen molar-refractivity contribution in [3.05, 3.63) is 36.0 Å². The molecule has 19 heavy (non-hydrogen) atoms. The lowest BCUT2D eigenvalue weighted by Gasteiger charge is -2.19. The van der Waals surface area contributed by atoms with Crippen molar-refractivity contribution in [2.24, 2.45) is 5.73 Å². The Morgan fingerprint density at radius 3 is 3.00 bits per heavy atom. The molecule has 0 aliphatic carbocycles. The maximum absolute atomic E-state index is 12.1. The fourth-order valence-electron chi connectivity index (χ4n) is 1.71. The second-order valence-electron chi connectivity index (χ2n) is 4.10. The van der Waals surface area contributed by atoms with Crippen molar-refractivity contribution >= 4 is 5.91 Å². The van der Waals surface area contributed by atoms with Gasteiger partial charge in [0.05, 0.1) is 24.7 Å². The van der Waals surface area contributed by atoms with Crippen LogP contribution in [0.15, 0.2) is 29.0 Å². The predicted octanol–water partition coefficient (Wildman–Crippen LogP) is 0.378. The summed E-state index contributed by atoms with van der Waals surface area (Å²) < 4.78 is 6.74. The molecule has 0 aliphatic heterocycles. The summed E-state index contributed by atoms with van der Waals surface area (Å²) in [5.41, 5.74) is 6.12. The average molecular weight is 263 g/mol. The standard InChI is InChI=1S/C12H17N5O2/c1-2-16(8-11-4-3-5-19-11)12(18)9-17-7-10(6-13)14-15-17/h3-5,7H,2,6,8-9,13H2,1H3. The summed E-state index contributed by atoms with van der Waals surface area (Å²) in [6.07, 6.45) is 3.28. The first-order valence-electron chi connectivity index (χ1n) is 6.12. The molecule has 0 saturated carbocycles. The van der Waals surface area contributed by atoms with Crippen molar-refractivity contribution < 1.29 is 9.21 Å². The van der Waals surface area contributed by atoms with Crippen LogP contribution in [-0.4, -0.2) is 32.3 Å². The number of amides is 1. The number of furan rings is 1. The maximum atomic E-state index is 12.1. The third kappa shape index (κ3) is 3.41. The van der Waals surface area contributed by atoms with Crippen molar-refractivity contribution in [2.45, 2.75) is 26.6 Å². The fourth-order valence-corrected chi connectivity index (χ4v) is 1.71. The van der Waals surface area contributed by atoms with E-state index in [1.807, 2.05) is 13.0 Å². The Balaban J connectivity index is 1.96. The van der Waals surface area contributed by atoms with Crippen LogP contribution in [0.5, 0.6) is 0 Å². The summed E-state index contributed by atoms with van der Waals surface area (Å²) in [6.45, 7) is 3.46. The number of aromatic nitrogens is 3. The molecule has 0 spiro atoms. The zero-order valence-electron chi connectivity index (χ0n) is 10.8. The third-order valence-corrected chi connectivity index (χ3v) is 2.75. The first-order chi connectivity index (χ1) is 9.22. The van der Waals surface area contributed by atoms with Gasteiger partial charge in [0.2, 0.25) is 5.91 Å². The van der Waals surface area contributed by atoms with Gasteiger partial charge in [-0.2, -0.15) is 0 Å². The van der Waals surface area contributed by atoms with Crippen LogP contribution >= 0.6 is 0 Å². The van der Waals surface area contributed by atoms with Crippen molar-refractivity contribution in [1.82, 2.24) is 19.9 Å². The van der Waals surface area contributed by atoms with Crippen molar-refractivity contribution in [3.8, 4) is 0 Å². The van der Waals surface area contributed by atoms with Gasteiger partial charge in [-0.3, -0.25) is 4.79 Å². The number of hydrogen-bond acceptors (Lipinski definition) is 5. The Kier molecular flexibility index (Phi) is 4.30. The van der Waals surface area contributed by atoms with Crippen LogP contribution in [-0.2, 0) is 24.4 Å². The number of carbonyl (C=O) groups excluding carboxylic acids is 1. The van der Waals surface area contributed by atoms with E-state index in [-0.39, 0.29) is 12.5 Å². The minimum Gasteiger partial charge on any atom is -0.467 e. The maximum Gasteiger partial charge on any atom is 0.244 e. The van der Waals surface area contributed by atoms with Crippen molar-refractivity contribution in [3.63, 3.8) is 0 Å². The predicted molar refractivity (Wildman–Crippen MR) is 67.7 cm³/mol. The van der Waals surface area contributed by atoms with Gasteiger partial charge in [-0.15, -0.1) is 5.10 Å². The first-order valence-corrected chi connectivity index (χ1v) is 6.12. The first kappa shape index (κ1) is 13.3. The van der Waals surface area contributed by atoms with Gasteiger partial charge in [0.1, 0.15) is 12.3 Å². The Labute approximate surface area is 111 Å². The molecule has 2 aromatic heterocycles. The average Bonchev–Trinajstić information content (AvgIpc) is 3.06. The van der Waals surface area contributed by atoms with Crippen LogP contribution in [0.4, 0.5) is 0 Å². The Morgan fingerprint density at radius 1 is 1.58 bits per heavy atom. The smallest absolute Gasteiger partial charge is 0.244 e. The van der Waals surface area contributed by atoms with Gasteiger partial charge in [-0.25, -0.2) is 4.68 Å². The van der Waals surface area contributed by atoms with Gasteiger partial charge < -0.3 is 15.1 Å². The van der Waals surface area contributed by atoms with Crippen LogP contribution in [0.3, 0.4) is 0 Å². The van der Waals surface area contributed by atoms with Gasteiger partial charge in [-0.1, -0.05) is 5.21 Å². The van der Waals surface area contributed by atoms with E-state index in [4.69, 9.17) is 10.2 Å². The highest BCUT2D eigenvalue weighted by Gasteiger charge is 2.14. The normalized spacial score (nSPS) is 10.6. The highest BCUT2D eigenvalue weighted by molar-refractivity contribution is 5.75. The molecule has 2 heterocycles. The molecule has 2 aromatic rings. The SMILES string of the molecule is CCN(Cc1ccco1)C(=O)Cn1cc(CN)nn1. The Hall–Kier alpha value is -2.15. The molecule has 7 nitrogen and oxygen atoms in total. The van der Waals surface area contributed by atoms with Crippen LogP contribution in [0.1, 0.15) is 18.4 Å². The number of hydrogen-bond donors (Lipinski definition) is 1. The summed E-state index contributed by atoms with van der Waals surface area (Å²) in [5, 5.41) is 7.70. The van der Waals surface area contributed by atoms with Crippen LogP contribution in [0, 0.1) is 0 Å². The molecule has 0 fully saturated rings. The van der Waals surface area contributed by atoms with E-state index in [1.165, 1.54) is 4.68 Å². The number of rotatable bonds is 6. The number of nitrogens with zero attached hydrogens (tertiary/aromatic N) is 4. The molecular weight excluding hydrogens is 246 g/mol. The monoisotopic (exact) mass is 263 g/mol.